The molecule has 0 aromatic heterocycles. The third kappa shape index (κ3) is 4.50. The van der Waals surface area contributed by atoms with Gasteiger partial charge in [-0.15, -0.1) is 0 Å². The molecule has 1 heterocycles. The summed E-state index contributed by atoms with van der Waals surface area (Å²) >= 11 is 0. The number of carboxylic acid groups (broad SMARTS) is 1. The predicted molar refractivity (Wildman–Crippen MR) is 129 cm³/mol. The van der Waals surface area contributed by atoms with E-state index in [0.29, 0.717) is 28.2 Å². The molecular formula is C28H26O7. The molecule has 1 aliphatic rings. The number of rotatable bonds is 8. The van der Waals surface area contributed by atoms with E-state index in [1.54, 1.807) is 48.5 Å². The summed E-state index contributed by atoms with van der Waals surface area (Å²) in [7, 11) is 2.99. The van der Waals surface area contributed by atoms with Crippen molar-refractivity contribution >= 4 is 17.5 Å². The van der Waals surface area contributed by atoms with Crippen LogP contribution in [0.3, 0.4) is 0 Å². The Morgan fingerprint density at radius 1 is 0.971 bits per heavy atom. The van der Waals surface area contributed by atoms with Crippen molar-refractivity contribution in [3.63, 3.8) is 0 Å². The van der Waals surface area contributed by atoms with Gasteiger partial charge in [0.2, 0.25) is 0 Å². The van der Waals surface area contributed by atoms with Gasteiger partial charge in [0.15, 0.2) is 0 Å². The second kappa shape index (κ2) is 9.64. The molecule has 1 unspecified atom stereocenters. The number of methoxy groups -OCH3 is 2. The maximum absolute atomic E-state index is 13.3. The van der Waals surface area contributed by atoms with Gasteiger partial charge in [-0.3, -0.25) is 0 Å². The van der Waals surface area contributed by atoms with Crippen molar-refractivity contribution in [2.24, 2.45) is 0 Å². The van der Waals surface area contributed by atoms with Crippen molar-refractivity contribution in [1.82, 2.24) is 0 Å². The average molecular weight is 475 g/mol. The number of cyclic esters (lactones) is 1. The highest BCUT2D eigenvalue weighted by Crippen LogP contribution is 2.46. The molecule has 0 aliphatic carbocycles. The van der Waals surface area contributed by atoms with Gasteiger partial charge >= 0.3 is 11.9 Å². The molecule has 180 valence electrons. The lowest BCUT2D eigenvalue weighted by Crippen LogP contribution is -2.30. The van der Waals surface area contributed by atoms with Crippen molar-refractivity contribution in [3.05, 3.63) is 100 Å². The molecule has 1 aliphatic heterocycles. The number of esters is 1. The minimum atomic E-state index is -2.08. The van der Waals surface area contributed by atoms with Crippen LogP contribution in [0.25, 0.3) is 5.57 Å². The summed E-state index contributed by atoms with van der Waals surface area (Å²) in [5.74, 6) is -3.02. The van der Waals surface area contributed by atoms with Gasteiger partial charge in [-0.2, -0.15) is 0 Å². The van der Waals surface area contributed by atoms with E-state index >= 15 is 0 Å². The fourth-order valence-electron chi connectivity index (χ4n) is 4.26. The number of carbonyl (C=O) groups excluding carboxylic acids is 1. The van der Waals surface area contributed by atoms with E-state index in [1.807, 2.05) is 19.1 Å². The summed E-state index contributed by atoms with van der Waals surface area (Å²) in [5, 5.41) is 21.5. The molecule has 0 saturated carbocycles. The molecule has 0 spiro atoms. The van der Waals surface area contributed by atoms with Crippen LogP contribution in [0.15, 0.2) is 72.3 Å². The molecule has 35 heavy (non-hydrogen) atoms. The van der Waals surface area contributed by atoms with Gasteiger partial charge in [0.1, 0.15) is 11.5 Å². The van der Waals surface area contributed by atoms with Gasteiger partial charge in [-0.1, -0.05) is 49.4 Å². The summed E-state index contributed by atoms with van der Waals surface area (Å²) in [5.41, 5.74) is 2.72. The number of aromatic carboxylic acids is 1. The lowest BCUT2D eigenvalue weighted by atomic mass is 9.86. The quantitative estimate of drug-likeness (QED) is 0.468. The lowest BCUT2D eigenvalue weighted by Gasteiger charge is -2.26. The van der Waals surface area contributed by atoms with Crippen molar-refractivity contribution in [1.29, 1.82) is 0 Å². The minimum Gasteiger partial charge on any atom is -0.497 e. The molecular weight excluding hydrogens is 448 g/mol. The number of carbonyl (C=O) groups is 2. The van der Waals surface area contributed by atoms with E-state index in [0.717, 1.165) is 12.0 Å². The van der Waals surface area contributed by atoms with Gasteiger partial charge in [0.05, 0.1) is 25.4 Å². The van der Waals surface area contributed by atoms with Crippen molar-refractivity contribution in [3.8, 4) is 11.5 Å². The van der Waals surface area contributed by atoms with Gasteiger partial charge in [-0.25, -0.2) is 9.59 Å². The van der Waals surface area contributed by atoms with Crippen LogP contribution in [0, 0.1) is 0 Å². The molecule has 0 amide bonds. The van der Waals surface area contributed by atoms with Crippen molar-refractivity contribution in [2.45, 2.75) is 25.6 Å². The third-order valence-corrected chi connectivity index (χ3v) is 6.16. The first-order valence-corrected chi connectivity index (χ1v) is 11.1. The zero-order chi connectivity index (χ0) is 25.2. The molecule has 0 fully saturated rings. The molecule has 0 saturated heterocycles. The first-order chi connectivity index (χ1) is 16.8. The van der Waals surface area contributed by atoms with Gasteiger partial charge in [0, 0.05) is 23.6 Å². The average Bonchev–Trinajstić information content (AvgIpc) is 3.13. The first-order valence-electron chi connectivity index (χ1n) is 11.1. The fourth-order valence-corrected chi connectivity index (χ4v) is 4.26. The van der Waals surface area contributed by atoms with Gasteiger partial charge in [-0.05, 0) is 41.3 Å². The van der Waals surface area contributed by atoms with Crippen molar-refractivity contribution < 1.29 is 34.0 Å². The van der Waals surface area contributed by atoms with E-state index < -0.39 is 17.7 Å². The maximum Gasteiger partial charge on any atom is 0.342 e. The topological polar surface area (TPSA) is 102 Å². The van der Waals surface area contributed by atoms with Gasteiger partial charge < -0.3 is 24.4 Å². The molecule has 0 bridgehead atoms. The highest BCUT2D eigenvalue weighted by Gasteiger charge is 2.48. The number of aryl methyl sites for hydroxylation is 1. The maximum atomic E-state index is 13.3. The number of benzene rings is 3. The summed E-state index contributed by atoms with van der Waals surface area (Å²) in [6, 6.07) is 18.6. The SMILES string of the molecule is CCc1ccc(C2(O)OC(=O)C(c3cc(OC)cc(OC)c3)=C2Cc2ccccc2C(=O)O)cc1. The normalized spacial score (nSPS) is 17.3. The highest BCUT2D eigenvalue weighted by atomic mass is 16.7. The zero-order valence-electron chi connectivity index (χ0n) is 19.7. The number of ether oxygens (including phenoxy) is 3. The summed E-state index contributed by atoms with van der Waals surface area (Å²) in [6.45, 7) is 2.02. The molecule has 3 aromatic rings. The Labute approximate surface area is 203 Å². The van der Waals surface area contributed by atoms with Crippen LogP contribution < -0.4 is 9.47 Å². The lowest BCUT2D eigenvalue weighted by molar-refractivity contribution is -0.185. The van der Waals surface area contributed by atoms with E-state index in [2.05, 4.69) is 0 Å². The van der Waals surface area contributed by atoms with Crippen molar-refractivity contribution in [2.75, 3.05) is 14.2 Å². The van der Waals surface area contributed by atoms with Crippen LogP contribution >= 0.6 is 0 Å². The van der Waals surface area contributed by atoms with Crippen LogP contribution in [0.1, 0.15) is 39.5 Å². The van der Waals surface area contributed by atoms with Crippen LogP contribution in [0.5, 0.6) is 11.5 Å². The van der Waals surface area contributed by atoms with Crippen LogP contribution in [0.2, 0.25) is 0 Å². The molecule has 0 radical (unpaired) electrons. The zero-order valence-corrected chi connectivity index (χ0v) is 19.7. The molecule has 3 aromatic carbocycles. The van der Waals surface area contributed by atoms with E-state index in [9.17, 15) is 19.8 Å². The third-order valence-electron chi connectivity index (χ3n) is 6.16. The Morgan fingerprint density at radius 2 is 1.60 bits per heavy atom. The molecule has 1 atom stereocenters. The summed E-state index contributed by atoms with van der Waals surface area (Å²) in [6.07, 6.45) is 0.775. The van der Waals surface area contributed by atoms with Crippen LogP contribution in [0.4, 0.5) is 0 Å². The largest absolute Gasteiger partial charge is 0.497 e. The first kappa shape index (κ1) is 24.0. The number of hydrogen-bond donors (Lipinski definition) is 2. The van der Waals surface area contributed by atoms with E-state index in [-0.39, 0.29) is 23.1 Å². The standard InChI is InChI=1S/C28H26O7/c1-4-17-9-11-20(12-10-17)28(32)24(15-18-7-5-6-8-23(18)26(29)30)25(27(31)35-28)19-13-21(33-2)16-22(14-19)34-3/h5-14,16,32H,4,15H2,1-3H3,(H,29,30). The summed E-state index contributed by atoms with van der Waals surface area (Å²) in [4.78, 5) is 25.1. The second-order valence-corrected chi connectivity index (χ2v) is 8.18. The smallest absolute Gasteiger partial charge is 0.342 e. The predicted octanol–water partition coefficient (Wildman–Crippen LogP) is 4.36. The number of hydrogen-bond acceptors (Lipinski definition) is 6. The molecule has 4 rings (SSSR count). The Kier molecular flexibility index (Phi) is 6.62. The fraction of sp³-hybridized carbons (Fsp3) is 0.214. The van der Waals surface area contributed by atoms with E-state index in [1.165, 1.54) is 20.3 Å². The van der Waals surface area contributed by atoms with Gasteiger partial charge in [0.25, 0.3) is 5.79 Å². The Hall–Kier alpha value is -4.10. The second-order valence-electron chi connectivity index (χ2n) is 8.18. The Balaban J connectivity index is 1.96. The van der Waals surface area contributed by atoms with Crippen LogP contribution in [-0.2, 0) is 28.2 Å². The monoisotopic (exact) mass is 474 g/mol. The Morgan fingerprint density at radius 3 is 2.17 bits per heavy atom. The molecule has 7 nitrogen and oxygen atoms in total. The van der Waals surface area contributed by atoms with Crippen LogP contribution in [-0.4, -0.2) is 36.4 Å². The molecule has 7 heteroatoms. The van der Waals surface area contributed by atoms with E-state index in [4.69, 9.17) is 14.2 Å². The molecule has 2 N–H and O–H groups in total. The minimum absolute atomic E-state index is 0.0326. The highest BCUT2D eigenvalue weighted by molar-refractivity contribution is 6.20. The summed E-state index contributed by atoms with van der Waals surface area (Å²) < 4.78 is 16.3. The number of aliphatic hydroxyl groups is 1. The Bertz CT molecular complexity index is 1280. The number of carboxylic acids is 1.